The zero-order valence-electron chi connectivity index (χ0n) is 16.9. The Balaban J connectivity index is 1.44. The van der Waals surface area contributed by atoms with Crippen molar-refractivity contribution in [3.05, 3.63) is 44.5 Å². The predicted molar refractivity (Wildman–Crippen MR) is 102 cm³/mol. The summed E-state index contributed by atoms with van der Waals surface area (Å²) in [6.45, 7) is -0.442. The number of alkyl halides is 2. The lowest BCUT2D eigenvalue weighted by atomic mass is 10.2. The van der Waals surface area contributed by atoms with Crippen LogP contribution in [0.5, 0.6) is 0 Å². The maximum atomic E-state index is 13.3. The van der Waals surface area contributed by atoms with Gasteiger partial charge < -0.3 is 19.5 Å². The molecule has 12 nitrogen and oxygen atoms in total. The molecule has 1 amide bonds. The van der Waals surface area contributed by atoms with Crippen molar-refractivity contribution in [2.75, 3.05) is 32.9 Å². The van der Waals surface area contributed by atoms with Gasteiger partial charge in [0, 0.05) is 19.2 Å². The van der Waals surface area contributed by atoms with Gasteiger partial charge in [0.05, 0.1) is 45.1 Å². The molecule has 0 saturated carbocycles. The summed E-state index contributed by atoms with van der Waals surface area (Å²) in [5.74, 6) is -3.45. The fourth-order valence-electron chi connectivity index (χ4n) is 3.69. The molecule has 0 aliphatic carbocycles. The molecule has 2 aliphatic rings. The smallest absolute Gasteiger partial charge is 0.328 e. The molecule has 0 spiro atoms. The lowest BCUT2D eigenvalue weighted by Crippen LogP contribution is -2.45. The first-order valence-electron chi connectivity index (χ1n) is 10.0. The molecule has 14 heteroatoms. The molecule has 4 rings (SSSR count). The normalized spacial score (nSPS) is 22.9. The predicted octanol–water partition coefficient (Wildman–Crippen LogP) is -1.24. The molecule has 2 aromatic heterocycles. The number of halogens is 2. The van der Waals surface area contributed by atoms with Crippen molar-refractivity contribution >= 4 is 5.91 Å². The average molecular weight is 456 g/mol. The quantitative estimate of drug-likeness (QED) is 0.549. The Morgan fingerprint density at radius 3 is 2.84 bits per heavy atom. The van der Waals surface area contributed by atoms with Crippen LogP contribution < -0.4 is 11.2 Å². The molecule has 0 aromatic carbocycles. The third kappa shape index (κ3) is 4.76. The highest BCUT2D eigenvalue weighted by molar-refractivity contribution is 5.93. The van der Waals surface area contributed by atoms with Gasteiger partial charge in [0.25, 0.3) is 17.4 Å². The molecule has 2 fully saturated rings. The van der Waals surface area contributed by atoms with Gasteiger partial charge in [-0.25, -0.2) is 18.3 Å². The van der Waals surface area contributed by atoms with Crippen molar-refractivity contribution in [3.63, 3.8) is 0 Å². The third-order valence-corrected chi connectivity index (χ3v) is 5.27. The van der Waals surface area contributed by atoms with Crippen LogP contribution in [0.4, 0.5) is 8.78 Å². The van der Waals surface area contributed by atoms with Crippen molar-refractivity contribution < 1.29 is 28.2 Å². The summed E-state index contributed by atoms with van der Waals surface area (Å²) in [5, 5.41) is 17.0. The van der Waals surface area contributed by atoms with E-state index in [2.05, 4.69) is 15.3 Å². The highest BCUT2D eigenvalue weighted by Gasteiger charge is 2.41. The number of aromatic nitrogens is 5. The van der Waals surface area contributed by atoms with Crippen molar-refractivity contribution in [1.29, 1.82) is 0 Å². The van der Waals surface area contributed by atoms with Gasteiger partial charge in [-0.05, 0) is 0 Å². The number of morpholine rings is 1. The zero-order chi connectivity index (χ0) is 22.9. The first-order valence-corrected chi connectivity index (χ1v) is 10.0. The van der Waals surface area contributed by atoms with Gasteiger partial charge in [0.15, 0.2) is 0 Å². The number of H-pyrrole nitrogens is 1. The number of amides is 1. The largest absolute Gasteiger partial charge is 0.395 e. The van der Waals surface area contributed by atoms with Gasteiger partial charge in [0.1, 0.15) is 24.0 Å². The number of hydrogen-bond donors (Lipinski definition) is 2. The Labute approximate surface area is 179 Å². The van der Waals surface area contributed by atoms with Crippen LogP contribution in [0.1, 0.15) is 28.6 Å². The van der Waals surface area contributed by atoms with Crippen molar-refractivity contribution in [1.82, 2.24) is 29.4 Å². The maximum Gasteiger partial charge on any atom is 0.328 e. The molecule has 2 N–H and O–H groups in total. The Kier molecular flexibility index (Phi) is 6.17. The fraction of sp³-hybridized carbons (Fsp3) is 0.611. The van der Waals surface area contributed by atoms with Gasteiger partial charge >= 0.3 is 5.69 Å². The van der Waals surface area contributed by atoms with Gasteiger partial charge in [-0.3, -0.25) is 19.1 Å². The number of hydrogen-bond acceptors (Lipinski definition) is 8. The van der Waals surface area contributed by atoms with Crippen LogP contribution in [-0.2, 0) is 22.6 Å². The van der Waals surface area contributed by atoms with Crippen LogP contribution in [0, 0.1) is 0 Å². The topological polar surface area (TPSA) is 145 Å². The molecule has 0 bridgehead atoms. The molecule has 32 heavy (non-hydrogen) atoms. The standard InChI is InChI=1S/C18H22F2N6O6/c19-18(20)5-11(32-10-18)6-26-8-13(22-23-26)14-9-24(2-4-31-14)16(29)12-7-25(1-3-27)17(30)21-15(12)28/h7-8,11,14,27H,1-6,9-10H2,(H,21,28,30). The van der Waals surface area contributed by atoms with E-state index in [1.807, 2.05) is 0 Å². The number of carbonyl (C=O) groups is 1. The molecule has 2 aliphatic heterocycles. The number of aliphatic hydroxyl groups excluding tert-OH is 1. The number of aliphatic hydroxyl groups is 1. The summed E-state index contributed by atoms with van der Waals surface area (Å²) in [6.07, 6.45) is 0.975. The maximum absolute atomic E-state index is 13.3. The first-order chi connectivity index (χ1) is 15.3. The minimum absolute atomic E-state index is 0.0681. The molecular formula is C18H22F2N6O6. The zero-order valence-corrected chi connectivity index (χ0v) is 16.9. The van der Waals surface area contributed by atoms with Crippen LogP contribution in [0.2, 0.25) is 0 Å². The SMILES string of the molecule is O=C(c1cn(CCO)c(=O)[nH]c1=O)N1CCOC(c2cn(CC3CC(F)(F)CO3)nn2)C1. The van der Waals surface area contributed by atoms with E-state index in [9.17, 15) is 23.2 Å². The third-order valence-electron chi connectivity index (χ3n) is 5.27. The average Bonchev–Trinajstić information content (AvgIpc) is 3.36. The minimum Gasteiger partial charge on any atom is -0.395 e. The molecule has 2 saturated heterocycles. The lowest BCUT2D eigenvalue weighted by molar-refractivity contribution is -0.0249. The second-order valence-electron chi connectivity index (χ2n) is 7.69. The number of rotatable bonds is 6. The van der Waals surface area contributed by atoms with Gasteiger partial charge in [-0.15, -0.1) is 5.10 Å². The van der Waals surface area contributed by atoms with Gasteiger partial charge in [-0.1, -0.05) is 5.21 Å². The van der Waals surface area contributed by atoms with Crippen LogP contribution >= 0.6 is 0 Å². The number of nitrogens with zero attached hydrogens (tertiary/aromatic N) is 5. The summed E-state index contributed by atoms with van der Waals surface area (Å²) in [5.41, 5.74) is -1.37. The van der Waals surface area contributed by atoms with Gasteiger partial charge in [-0.2, -0.15) is 0 Å². The summed E-state index contributed by atoms with van der Waals surface area (Å²) in [7, 11) is 0. The number of carbonyl (C=O) groups excluding carboxylic acids is 1. The van der Waals surface area contributed by atoms with Crippen molar-refractivity contribution in [2.45, 2.75) is 37.6 Å². The van der Waals surface area contributed by atoms with E-state index in [4.69, 9.17) is 14.6 Å². The van der Waals surface area contributed by atoms with Crippen molar-refractivity contribution in [3.8, 4) is 0 Å². The summed E-state index contributed by atoms with van der Waals surface area (Å²) >= 11 is 0. The second-order valence-corrected chi connectivity index (χ2v) is 7.69. The molecule has 4 heterocycles. The first kappa shape index (κ1) is 22.2. The number of aromatic amines is 1. The van der Waals surface area contributed by atoms with E-state index in [1.54, 1.807) is 6.20 Å². The summed E-state index contributed by atoms with van der Waals surface area (Å²) in [6, 6.07) is 0. The molecule has 2 aromatic rings. The van der Waals surface area contributed by atoms with Gasteiger partial charge in [0.2, 0.25) is 0 Å². The Morgan fingerprint density at radius 2 is 2.12 bits per heavy atom. The van der Waals surface area contributed by atoms with E-state index in [-0.39, 0.29) is 45.0 Å². The summed E-state index contributed by atoms with van der Waals surface area (Å²) < 4.78 is 39.8. The Hall–Kier alpha value is -2.97. The van der Waals surface area contributed by atoms with Crippen LogP contribution in [0.3, 0.4) is 0 Å². The van der Waals surface area contributed by atoms with E-state index in [0.29, 0.717) is 5.69 Å². The van der Waals surface area contributed by atoms with Crippen molar-refractivity contribution in [2.24, 2.45) is 0 Å². The van der Waals surface area contributed by atoms with E-state index in [0.717, 1.165) is 10.8 Å². The van der Waals surface area contributed by atoms with Crippen LogP contribution in [0.15, 0.2) is 22.0 Å². The summed E-state index contributed by atoms with van der Waals surface area (Å²) in [4.78, 5) is 40.3. The molecule has 2 unspecified atom stereocenters. The minimum atomic E-state index is -2.85. The molecular weight excluding hydrogens is 434 g/mol. The second kappa shape index (κ2) is 8.88. The number of ether oxygens (including phenoxy) is 2. The monoisotopic (exact) mass is 456 g/mol. The van der Waals surface area contributed by atoms with E-state index < -0.39 is 48.3 Å². The molecule has 174 valence electrons. The Morgan fingerprint density at radius 1 is 1.31 bits per heavy atom. The Bertz CT molecular complexity index is 1100. The van der Waals surface area contributed by atoms with Crippen LogP contribution in [0.25, 0.3) is 0 Å². The lowest BCUT2D eigenvalue weighted by Gasteiger charge is -2.31. The highest BCUT2D eigenvalue weighted by Crippen LogP contribution is 2.30. The van der Waals surface area contributed by atoms with E-state index in [1.165, 1.54) is 9.58 Å². The van der Waals surface area contributed by atoms with Crippen LogP contribution in [-0.4, -0.2) is 85.4 Å². The number of nitrogens with one attached hydrogen (secondary N) is 1. The molecule has 0 radical (unpaired) electrons. The fourth-order valence-corrected chi connectivity index (χ4v) is 3.69. The highest BCUT2D eigenvalue weighted by atomic mass is 19.3. The molecule has 2 atom stereocenters. The van der Waals surface area contributed by atoms with E-state index >= 15 is 0 Å².